The summed E-state index contributed by atoms with van der Waals surface area (Å²) in [4.78, 5) is 23.6. The van der Waals surface area contributed by atoms with Crippen LogP contribution in [0.25, 0.3) is 10.8 Å². The van der Waals surface area contributed by atoms with E-state index in [9.17, 15) is 14.0 Å². The van der Waals surface area contributed by atoms with Crippen LogP contribution in [-0.4, -0.2) is 17.0 Å². The number of halogens is 1. The van der Waals surface area contributed by atoms with E-state index in [1.165, 1.54) is 12.1 Å². The molecule has 0 saturated carbocycles. The zero-order chi connectivity index (χ0) is 21.8. The Hall–Kier alpha value is -3.99. The van der Waals surface area contributed by atoms with E-state index in [0.29, 0.717) is 18.5 Å². The molecule has 2 N–H and O–H groups in total. The number of aromatic carboxylic acids is 1. The van der Waals surface area contributed by atoms with Crippen LogP contribution in [-0.2, 0) is 13.0 Å². The maximum atomic E-state index is 13.0. The molecule has 4 aromatic carbocycles. The highest BCUT2D eigenvalue weighted by molar-refractivity contribution is 5.98. The summed E-state index contributed by atoms with van der Waals surface area (Å²) in [6.45, 7) is 0.323. The largest absolute Gasteiger partial charge is 0.478 e. The second-order valence-corrected chi connectivity index (χ2v) is 7.38. The van der Waals surface area contributed by atoms with E-state index < -0.39 is 5.97 Å². The van der Waals surface area contributed by atoms with Crippen molar-refractivity contribution in [1.82, 2.24) is 5.32 Å². The molecular weight excluding hydrogens is 393 g/mol. The van der Waals surface area contributed by atoms with Crippen LogP contribution in [0, 0.1) is 5.82 Å². The molecular formula is C26H20FNO3. The Labute approximate surface area is 179 Å². The highest BCUT2D eigenvalue weighted by Gasteiger charge is 2.08. The average molecular weight is 413 g/mol. The Morgan fingerprint density at radius 2 is 1.32 bits per heavy atom. The third-order valence-electron chi connectivity index (χ3n) is 5.14. The van der Waals surface area contributed by atoms with Gasteiger partial charge in [0.25, 0.3) is 5.91 Å². The molecule has 5 heteroatoms. The van der Waals surface area contributed by atoms with E-state index in [2.05, 4.69) is 5.32 Å². The van der Waals surface area contributed by atoms with Crippen LogP contribution in [0.5, 0.6) is 0 Å². The Morgan fingerprint density at radius 3 is 2.03 bits per heavy atom. The fraction of sp³-hybridized carbons (Fsp3) is 0.0769. The Balaban J connectivity index is 1.49. The van der Waals surface area contributed by atoms with Crippen molar-refractivity contribution in [3.8, 4) is 0 Å². The number of fused-ring (bicyclic) bond motifs is 1. The molecule has 1 amide bonds. The lowest BCUT2D eigenvalue weighted by atomic mass is 9.99. The monoisotopic (exact) mass is 413 g/mol. The van der Waals surface area contributed by atoms with Gasteiger partial charge in [-0.3, -0.25) is 4.79 Å². The molecule has 0 bridgehead atoms. The number of benzene rings is 4. The van der Waals surface area contributed by atoms with Crippen LogP contribution in [0.2, 0.25) is 0 Å². The van der Waals surface area contributed by atoms with Gasteiger partial charge in [-0.15, -0.1) is 0 Å². The smallest absolute Gasteiger partial charge is 0.335 e. The number of carbonyl (C=O) groups excluding carboxylic acids is 1. The molecule has 0 aliphatic carbocycles. The number of rotatable bonds is 6. The van der Waals surface area contributed by atoms with Crippen LogP contribution in [0.15, 0.2) is 84.9 Å². The summed E-state index contributed by atoms with van der Waals surface area (Å²) < 4.78 is 13.0. The molecule has 0 aliphatic heterocycles. The van der Waals surface area contributed by atoms with E-state index in [0.717, 1.165) is 27.5 Å². The minimum absolute atomic E-state index is 0.194. The SMILES string of the molecule is O=C(O)c1ccc(Cc2ccc3ccc(C(=O)NCc4ccc(F)cc4)cc3c2)cc1. The van der Waals surface area contributed by atoms with Crippen molar-refractivity contribution in [3.05, 3.63) is 119 Å². The standard InChI is InChI=1S/C26H20FNO3/c27-24-11-4-18(5-12-24)16-28-25(29)22-10-9-20-6-3-19(14-23(20)15-22)13-17-1-7-21(8-2-17)26(30)31/h1-12,14-15H,13,16H2,(H,28,29)(H,30,31). The van der Waals surface area contributed by atoms with Crippen molar-refractivity contribution in [2.24, 2.45) is 0 Å². The first-order chi connectivity index (χ1) is 15.0. The van der Waals surface area contributed by atoms with Gasteiger partial charge >= 0.3 is 5.97 Å². The number of carboxylic acids is 1. The van der Waals surface area contributed by atoms with E-state index in [4.69, 9.17) is 5.11 Å². The highest BCUT2D eigenvalue weighted by Crippen LogP contribution is 2.20. The van der Waals surface area contributed by atoms with Crippen LogP contribution in [0.3, 0.4) is 0 Å². The fourth-order valence-electron chi connectivity index (χ4n) is 3.43. The quantitative estimate of drug-likeness (QED) is 0.457. The van der Waals surface area contributed by atoms with Gasteiger partial charge in [-0.2, -0.15) is 0 Å². The Bertz CT molecular complexity index is 1250. The number of hydrogen-bond donors (Lipinski definition) is 2. The Morgan fingerprint density at radius 1 is 0.710 bits per heavy atom. The van der Waals surface area contributed by atoms with Crippen LogP contribution < -0.4 is 5.32 Å². The number of nitrogens with one attached hydrogen (secondary N) is 1. The third kappa shape index (κ3) is 4.95. The van der Waals surface area contributed by atoms with E-state index in [1.807, 2.05) is 42.5 Å². The first-order valence-corrected chi connectivity index (χ1v) is 9.85. The molecule has 0 aliphatic rings. The van der Waals surface area contributed by atoms with E-state index in [-0.39, 0.29) is 17.3 Å². The zero-order valence-electron chi connectivity index (χ0n) is 16.6. The van der Waals surface area contributed by atoms with Gasteiger partial charge in [0.1, 0.15) is 5.82 Å². The first kappa shape index (κ1) is 20.3. The number of carbonyl (C=O) groups is 2. The molecule has 154 valence electrons. The van der Waals surface area contributed by atoms with Gasteiger partial charge in [-0.1, -0.05) is 48.5 Å². The van der Waals surface area contributed by atoms with Crippen molar-refractivity contribution in [3.63, 3.8) is 0 Å². The first-order valence-electron chi connectivity index (χ1n) is 9.85. The van der Waals surface area contributed by atoms with Gasteiger partial charge in [0, 0.05) is 12.1 Å². The second kappa shape index (κ2) is 8.79. The molecule has 0 spiro atoms. The highest BCUT2D eigenvalue weighted by atomic mass is 19.1. The average Bonchev–Trinajstić information content (AvgIpc) is 2.78. The summed E-state index contributed by atoms with van der Waals surface area (Å²) in [7, 11) is 0. The number of carboxylic acid groups (broad SMARTS) is 1. The van der Waals surface area contributed by atoms with Gasteiger partial charge in [0.2, 0.25) is 0 Å². The van der Waals surface area contributed by atoms with Crippen molar-refractivity contribution in [2.45, 2.75) is 13.0 Å². The number of amides is 1. The molecule has 0 saturated heterocycles. The normalized spacial score (nSPS) is 10.7. The third-order valence-corrected chi connectivity index (χ3v) is 5.14. The molecule has 0 aromatic heterocycles. The molecule has 0 atom stereocenters. The van der Waals surface area contributed by atoms with Crippen molar-refractivity contribution < 1.29 is 19.1 Å². The summed E-state index contributed by atoms with van der Waals surface area (Å²) in [5.74, 6) is -1.44. The lowest BCUT2D eigenvalue weighted by Gasteiger charge is -2.08. The molecule has 0 unspecified atom stereocenters. The van der Waals surface area contributed by atoms with Crippen molar-refractivity contribution in [2.75, 3.05) is 0 Å². The zero-order valence-corrected chi connectivity index (χ0v) is 16.6. The molecule has 4 aromatic rings. The fourth-order valence-corrected chi connectivity index (χ4v) is 3.43. The maximum Gasteiger partial charge on any atom is 0.335 e. The summed E-state index contributed by atoms with van der Waals surface area (Å²) in [6.07, 6.45) is 0.664. The van der Waals surface area contributed by atoms with Crippen molar-refractivity contribution in [1.29, 1.82) is 0 Å². The second-order valence-electron chi connectivity index (χ2n) is 7.38. The van der Waals surface area contributed by atoms with Crippen LogP contribution in [0.1, 0.15) is 37.4 Å². The van der Waals surface area contributed by atoms with Crippen molar-refractivity contribution >= 4 is 22.6 Å². The summed E-state index contributed by atoms with van der Waals surface area (Å²) in [5, 5.41) is 13.9. The van der Waals surface area contributed by atoms with Gasteiger partial charge < -0.3 is 10.4 Å². The molecule has 4 nitrogen and oxygen atoms in total. The number of hydrogen-bond acceptors (Lipinski definition) is 2. The maximum absolute atomic E-state index is 13.0. The lowest BCUT2D eigenvalue weighted by Crippen LogP contribution is -2.22. The van der Waals surface area contributed by atoms with Crippen LogP contribution in [0.4, 0.5) is 4.39 Å². The van der Waals surface area contributed by atoms with Crippen LogP contribution >= 0.6 is 0 Å². The lowest BCUT2D eigenvalue weighted by molar-refractivity contribution is 0.0696. The molecule has 31 heavy (non-hydrogen) atoms. The minimum Gasteiger partial charge on any atom is -0.478 e. The van der Waals surface area contributed by atoms with Gasteiger partial charge in [-0.25, -0.2) is 9.18 Å². The molecule has 4 rings (SSSR count). The molecule has 0 radical (unpaired) electrons. The molecule has 0 fully saturated rings. The Kier molecular flexibility index (Phi) is 5.76. The summed E-state index contributed by atoms with van der Waals surface area (Å²) in [5.41, 5.74) is 3.72. The summed E-state index contributed by atoms with van der Waals surface area (Å²) in [6, 6.07) is 24.5. The molecule has 0 heterocycles. The van der Waals surface area contributed by atoms with E-state index in [1.54, 1.807) is 30.3 Å². The topological polar surface area (TPSA) is 66.4 Å². The van der Waals surface area contributed by atoms with Gasteiger partial charge in [0.15, 0.2) is 0 Å². The summed E-state index contributed by atoms with van der Waals surface area (Å²) >= 11 is 0. The van der Waals surface area contributed by atoms with Gasteiger partial charge in [-0.05, 0) is 70.3 Å². The predicted octanol–water partition coefficient (Wildman–Crippen LogP) is 5.20. The minimum atomic E-state index is -0.942. The van der Waals surface area contributed by atoms with Gasteiger partial charge in [0.05, 0.1) is 5.56 Å². The predicted molar refractivity (Wildman–Crippen MR) is 118 cm³/mol. The van der Waals surface area contributed by atoms with E-state index >= 15 is 0 Å².